The van der Waals surface area contributed by atoms with E-state index in [2.05, 4.69) is 5.32 Å². The molecule has 0 aliphatic carbocycles. The van der Waals surface area contributed by atoms with Crippen molar-refractivity contribution in [2.75, 3.05) is 6.54 Å². The molecule has 0 heterocycles. The van der Waals surface area contributed by atoms with E-state index >= 15 is 0 Å². The molecule has 0 radical (unpaired) electrons. The van der Waals surface area contributed by atoms with Gasteiger partial charge in [0.25, 0.3) is 0 Å². The topological polar surface area (TPSA) is 52.5 Å². The normalized spacial score (nSPS) is 14.0. The van der Waals surface area contributed by atoms with Gasteiger partial charge in [0.15, 0.2) is 0 Å². The number of hydrogen-bond acceptors (Lipinski definition) is 3. The maximum Gasteiger partial charge on any atom is 0.416 e. The molecule has 3 nitrogen and oxygen atoms in total. The van der Waals surface area contributed by atoms with E-state index in [1.165, 1.54) is 12.1 Å². The summed E-state index contributed by atoms with van der Waals surface area (Å²) in [5.74, 6) is 0. The van der Waals surface area contributed by atoms with E-state index in [1.54, 1.807) is 26.8 Å². The molecule has 0 saturated heterocycles. The van der Waals surface area contributed by atoms with Crippen molar-refractivity contribution in [2.24, 2.45) is 0 Å². The van der Waals surface area contributed by atoms with Gasteiger partial charge in [-0.3, -0.25) is 0 Å². The molecule has 0 aromatic heterocycles. The van der Waals surface area contributed by atoms with Crippen molar-refractivity contribution in [2.45, 2.75) is 71.4 Å². The lowest BCUT2D eigenvalue weighted by Gasteiger charge is -2.17. The number of aliphatic hydroxyl groups excluding tert-OH is 1. The fourth-order valence-electron chi connectivity index (χ4n) is 2.37. The van der Waals surface area contributed by atoms with E-state index in [1.807, 2.05) is 13.8 Å². The molecular formula is C18H31ClF3NO2. The van der Waals surface area contributed by atoms with Crippen LogP contribution >= 0.6 is 12.4 Å². The zero-order valence-electron chi connectivity index (χ0n) is 15.5. The average molecular weight is 386 g/mol. The van der Waals surface area contributed by atoms with Crippen LogP contribution in [0.15, 0.2) is 24.3 Å². The molecule has 2 unspecified atom stereocenters. The summed E-state index contributed by atoms with van der Waals surface area (Å²) < 4.78 is 37.3. The van der Waals surface area contributed by atoms with Gasteiger partial charge in [0.1, 0.15) is 0 Å². The van der Waals surface area contributed by atoms with E-state index < -0.39 is 23.4 Å². The van der Waals surface area contributed by atoms with Gasteiger partial charge in [-0.1, -0.05) is 25.1 Å². The second-order valence-corrected chi connectivity index (χ2v) is 6.73. The minimum Gasteiger partial charge on any atom is -0.393 e. The summed E-state index contributed by atoms with van der Waals surface area (Å²) in [5, 5.41) is 20.9. The van der Waals surface area contributed by atoms with Gasteiger partial charge >= 0.3 is 6.18 Å². The van der Waals surface area contributed by atoms with Crippen LogP contribution in [-0.4, -0.2) is 34.5 Å². The van der Waals surface area contributed by atoms with Crippen molar-refractivity contribution in [3.8, 4) is 0 Å². The number of aliphatic hydroxyl groups is 2. The Balaban J connectivity index is 0. The molecule has 1 aromatic carbocycles. The molecule has 3 N–H and O–H groups in total. The zero-order valence-corrected chi connectivity index (χ0v) is 16.3. The van der Waals surface area contributed by atoms with Crippen LogP contribution in [0.1, 0.15) is 52.2 Å². The third-order valence-corrected chi connectivity index (χ3v) is 3.14. The van der Waals surface area contributed by atoms with Crippen LogP contribution in [0.2, 0.25) is 0 Å². The maximum absolute atomic E-state index is 12.4. The molecule has 0 fully saturated rings. The predicted octanol–water partition coefficient (Wildman–Crippen LogP) is 4.20. The van der Waals surface area contributed by atoms with Crippen molar-refractivity contribution in [1.29, 1.82) is 0 Å². The maximum atomic E-state index is 12.4. The van der Waals surface area contributed by atoms with E-state index in [4.69, 9.17) is 10.2 Å². The number of halogens is 4. The van der Waals surface area contributed by atoms with Crippen LogP contribution in [0.4, 0.5) is 13.2 Å². The molecule has 0 spiro atoms. The summed E-state index contributed by atoms with van der Waals surface area (Å²) in [6.07, 6.45) is -3.61. The molecule has 25 heavy (non-hydrogen) atoms. The van der Waals surface area contributed by atoms with Gasteiger partial charge in [-0.25, -0.2) is 0 Å². The monoisotopic (exact) mass is 385 g/mol. The fraction of sp³-hybridized carbons (Fsp3) is 0.667. The second-order valence-electron chi connectivity index (χ2n) is 6.73. The van der Waals surface area contributed by atoms with Crippen molar-refractivity contribution >= 4 is 12.4 Å². The van der Waals surface area contributed by atoms with Crippen LogP contribution in [0.25, 0.3) is 0 Å². The number of alkyl halides is 3. The van der Waals surface area contributed by atoms with Crippen molar-refractivity contribution < 1.29 is 23.4 Å². The van der Waals surface area contributed by atoms with E-state index in [0.29, 0.717) is 18.4 Å². The fourth-order valence-corrected chi connectivity index (χ4v) is 2.37. The molecule has 2 atom stereocenters. The Kier molecular flexibility index (Phi) is 12.4. The first kappa shape index (κ1) is 26.4. The van der Waals surface area contributed by atoms with Gasteiger partial charge in [0, 0.05) is 12.5 Å². The first-order valence-corrected chi connectivity index (χ1v) is 8.15. The molecule has 0 aliphatic rings. The van der Waals surface area contributed by atoms with E-state index in [9.17, 15) is 13.2 Å². The Morgan fingerprint density at radius 2 is 1.72 bits per heavy atom. The van der Waals surface area contributed by atoms with Gasteiger partial charge in [-0.05, 0) is 52.3 Å². The molecular weight excluding hydrogens is 355 g/mol. The molecule has 7 heteroatoms. The van der Waals surface area contributed by atoms with Crippen molar-refractivity contribution in [3.63, 3.8) is 0 Å². The molecule has 148 valence electrons. The smallest absolute Gasteiger partial charge is 0.393 e. The third-order valence-electron chi connectivity index (χ3n) is 3.14. The lowest BCUT2D eigenvalue weighted by atomic mass is 10.0. The van der Waals surface area contributed by atoms with Crippen LogP contribution < -0.4 is 5.32 Å². The lowest BCUT2D eigenvalue weighted by molar-refractivity contribution is -0.137. The lowest BCUT2D eigenvalue weighted by Crippen LogP contribution is -2.27. The summed E-state index contributed by atoms with van der Waals surface area (Å²) in [6.45, 7) is 9.78. The molecule has 1 rings (SSSR count). The quantitative estimate of drug-likeness (QED) is 0.688. The van der Waals surface area contributed by atoms with Gasteiger partial charge in [-0.15, -0.1) is 12.4 Å². The van der Waals surface area contributed by atoms with Gasteiger partial charge in [0.05, 0.1) is 17.3 Å². The highest BCUT2D eigenvalue weighted by Gasteiger charge is 2.30. The molecule has 1 aromatic rings. The zero-order chi connectivity index (χ0) is 19.0. The highest BCUT2D eigenvalue weighted by molar-refractivity contribution is 5.85. The Bertz CT molecular complexity index is 474. The molecule has 0 aliphatic heterocycles. The Labute approximate surface area is 155 Å². The standard InChI is InChI=1S/C12H16F3N.C6H14O2.ClH/c1-3-16-9(2)7-10-5-4-6-11(8-10)12(13,14)15;1-5(7)4-6(2,3)8;/h4-6,8-9,16H,3,7H2,1-2H3;5,7-8H,4H2,1-3H3;1H. The van der Waals surface area contributed by atoms with Crippen LogP contribution in [0, 0.1) is 0 Å². The molecule has 0 amide bonds. The summed E-state index contributed by atoms with van der Waals surface area (Å²) in [6, 6.07) is 5.68. The number of rotatable bonds is 6. The number of likely N-dealkylation sites (N-methyl/N-ethyl adjacent to an activating group) is 1. The van der Waals surface area contributed by atoms with Crippen molar-refractivity contribution in [3.05, 3.63) is 35.4 Å². The first-order valence-electron chi connectivity index (χ1n) is 8.15. The minimum atomic E-state index is -4.25. The minimum absolute atomic E-state index is 0. The molecule has 0 bridgehead atoms. The second kappa shape index (κ2) is 11.7. The number of nitrogens with one attached hydrogen (secondary N) is 1. The third kappa shape index (κ3) is 14.1. The van der Waals surface area contributed by atoms with E-state index in [0.717, 1.165) is 12.6 Å². The highest BCUT2D eigenvalue weighted by atomic mass is 35.5. The Morgan fingerprint density at radius 3 is 2.08 bits per heavy atom. The largest absolute Gasteiger partial charge is 0.416 e. The predicted molar refractivity (Wildman–Crippen MR) is 98.1 cm³/mol. The first-order chi connectivity index (χ1) is 10.8. The Hall–Kier alpha value is -0.820. The van der Waals surface area contributed by atoms with Crippen LogP contribution in [-0.2, 0) is 12.6 Å². The SMILES string of the molecule is CC(O)CC(C)(C)O.CCNC(C)Cc1cccc(C(F)(F)F)c1.Cl. The number of hydrogen-bond donors (Lipinski definition) is 3. The van der Waals surface area contributed by atoms with Crippen LogP contribution in [0.5, 0.6) is 0 Å². The number of benzene rings is 1. The molecule has 0 saturated carbocycles. The summed E-state index contributed by atoms with van der Waals surface area (Å²) >= 11 is 0. The Morgan fingerprint density at radius 1 is 1.16 bits per heavy atom. The van der Waals surface area contributed by atoms with E-state index in [-0.39, 0.29) is 18.4 Å². The highest BCUT2D eigenvalue weighted by Crippen LogP contribution is 2.29. The summed E-state index contributed by atoms with van der Waals surface area (Å²) in [5.41, 5.74) is -0.592. The average Bonchev–Trinajstić information content (AvgIpc) is 2.35. The van der Waals surface area contributed by atoms with Gasteiger partial charge < -0.3 is 15.5 Å². The van der Waals surface area contributed by atoms with Crippen LogP contribution in [0.3, 0.4) is 0 Å². The van der Waals surface area contributed by atoms with Gasteiger partial charge in [0.2, 0.25) is 0 Å². The summed E-state index contributed by atoms with van der Waals surface area (Å²) in [7, 11) is 0. The summed E-state index contributed by atoms with van der Waals surface area (Å²) in [4.78, 5) is 0. The van der Waals surface area contributed by atoms with Crippen molar-refractivity contribution in [1.82, 2.24) is 5.32 Å². The van der Waals surface area contributed by atoms with Gasteiger partial charge in [-0.2, -0.15) is 13.2 Å².